The van der Waals surface area contributed by atoms with Crippen molar-refractivity contribution in [2.45, 2.75) is 26.4 Å². The van der Waals surface area contributed by atoms with Crippen LogP contribution < -0.4 is 5.32 Å². The van der Waals surface area contributed by atoms with E-state index >= 15 is 0 Å². The van der Waals surface area contributed by atoms with Crippen LogP contribution in [0.15, 0.2) is 41.0 Å². The molecule has 6 nitrogen and oxygen atoms in total. The van der Waals surface area contributed by atoms with Crippen molar-refractivity contribution in [3.8, 4) is 0 Å². The number of hydrogen-bond donors (Lipinski definition) is 1. The largest absolute Gasteiger partial charge is 0.381 e. The van der Waals surface area contributed by atoms with Gasteiger partial charge in [0.2, 0.25) is 5.91 Å². The van der Waals surface area contributed by atoms with Crippen molar-refractivity contribution in [3.05, 3.63) is 46.7 Å². The van der Waals surface area contributed by atoms with Crippen molar-refractivity contribution < 1.29 is 9.53 Å². The summed E-state index contributed by atoms with van der Waals surface area (Å²) in [6.07, 6.45) is 2.76. The summed E-state index contributed by atoms with van der Waals surface area (Å²) in [6.45, 7) is 4.61. The van der Waals surface area contributed by atoms with E-state index in [9.17, 15) is 4.79 Å². The van der Waals surface area contributed by atoms with Gasteiger partial charge in [0, 0.05) is 46.2 Å². The Bertz CT molecular complexity index is 940. The molecule has 0 unspecified atom stereocenters. The third kappa shape index (κ3) is 3.29. The number of nitrogens with zero attached hydrogens (tertiary/aromatic N) is 3. The van der Waals surface area contributed by atoms with Gasteiger partial charge in [-0.05, 0) is 35.3 Å². The number of anilines is 1. The van der Waals surface area contributed by atoms with Gasteiger partial charge in [-0.2, -0.15) is 5.10 Å². The van der Waals surface area contributed by atoms with Gasteiger partial charge in [0.15, 0.2) is 0 Å². The lowest BCUT2D eigenvalue weighted by molar-refractivity contribution is -0.116. The molecule has 1 saturated heterocycles. The van der Waals surface area contributed by atoms with E-state index in [2.05, 4.69) is 32.4 Å². The molecule has 0 aliphatic carbocycles. The number of ether oxygens (including phenoxy) is 1. The molecule has 3 heterocycles. The minimum atomic E-state index is -0.0641. The van der Waals surface area contributed by atoms with E-state index < -0.39 is 0 Å². The Labute approximate surface area is 160 Å². The Balaban J connectivity index is 1.50. The monoisotopic (exact) mass is 416 g/mol. The van der Waals surface area contributed by atoms with Gasteiger partial charge in [-0.25, -0.2) is 4.68 Å². The Morgan fingerprint density at radius 2 is 2.23 bits per heavy atom. The molecule has 26 heavy (non-hydrogen) atoms. The third-order valence-electron chi connectivity index (χ3n) is 4.89. The van der Waals surface area contributed by atoms with E-state index in [1.807, 2.05) is 40.4 Å². The molecule has 1 amide bonds. The molecule has 0 spiro atoms. The Kier molecular flexibility index (Phi) is 4.82. The molecule has 7 heteroatoms. The molecule has 1 aliphatic heterocycles. The summed E-state index contributed by atoms with van der Waals surface area (Å²) >= 11 is 3.63. The topological polar surface area (TPSA) is 61.1 Å². The molecule has 0 bridgehead atoms. The summed E-state index contributed by atoms with van der Waals surface area (Å²) in [4.78, 5) is 12.7. The van der Waals surface area contributed by atoms with Gasteiger partial charge >= 0.3 is 0 Å². The number of para-hydroxylation sites is 1. The average molecular weight is 417 g/mol. The molecule has 0 radical (unpaired) electrons. The van der Waals surface area contributed by atoms with Crippen LogP contribution in [0.25, 0.3) is 10.9 Å². The zero-order valence-corrected chi connectivity index (χ0v) is 16.2. The van der Waals surface area contributed by atoms with Gasteiger partial charge < -0.3 is 14.6 Å². The first-order valence-corrected chi connectivity index (χ1v) is 9.55. The van der Waals surface area contributed by atoms with Gasteiger partial charge in [0.25, 0.3) is 0 Å². The van der Waals surface area contributed by atoms with E-state index in [0.29, 0.717) is 5.92 Å². The van der Waals surface area contributed by atoms with E-state index in [-0.39, 0.29) is 12.5 Å². The molecule has 1 aromatic carbocycles. The van der Waals surface area contributed by atoms with Crippen LogP contribution in [0, 0.1) is 12.8 Å². The van der Waals surface area contributed by atoms with Crippen molar-refractivity contribution >= 4 is 38.6 Å². The van der Waals surface area contributed by atoms with E-state index in [4.69, 9.17) is 4.74 Å². The summed E-state index contributed by atoms with van der Waals surface area (Å²) in [5, 5.41) is 8.46. The van der Waals surface area contributed by atoms with Crippen LogP contribution in [0.2, 0.25) is 0 Å². The van der Waals surface area contributed by atoms with Crippen LogP contribution >= 0.6 is 15.9 Å². The summed E-state index contributed by atoms with van der Waals surface area (Å²) in [5.74, 6) is 1.12. The highest BCUT2D eigenvalue weighted by Crippen LogP contribution is 2.30. The van der Waals surface area contributed by atoms with Crippen molar-refractivity contribution in [3.63, 3.8) is 0 Å². The second kappa shape index (κ2) is 7.25. The third-order valence-corrected chi connectivity index (χ3v) is 5.90. The van der Waals surface area contributed by atoms with Crippen molar-refractivity contribution in [1.82, 2.24) is 14.3 Å². The molecule has 3 aromatic rings. The predicted octanol–water partition coefficient (Wildman–Crippen LogP) is 3.58. The lowest BCUT2D eigenvalue weighted by Crippen LogP contribution is -2.22. The maximum absolute atomic E-state index is 12.7. The second-order valence-corrected chi connectivity index (χ2v) is 7.47. The molecule has 0 saturated carbocycles. The Hall–Kier alpha value is -2.12. The van der Waals surface area contributed by atoms with Crippen LogP contribution in [0.3, 0.4) is 0 Å². The first kappa shape index (κ1) is 17.3. The van der Waals surface area contributed by atoms with Gasteiger partial charge in [-0.1, -0.05) is 18.2 Å². The molecule has 2 aromatic heterocycles. The molecular weight excluding hydrogens is 396 g/mol. The maximum atomic E-state index is 12.7. The number of fused-ring (bicyclic) bond motifs is 1. The number of aromatic nitrogens is 3. The number of nitrogens with one attached hydrogen (secondary N) is 1. The fraction of sp³-hybridized carbons (Fsp3) is 0.368. The van der Waals surface area contributed by atoms with E-state index in [1.165, 1.54) is 0 Å². The van der Waals surface area contributed by atoms with Gasteiger partial charge in [-0.15, -0.1) is 0 Å². The smallest absolute Gasteiger partial charge is 0.245 e. The molecule has 1 N–H and O–H groups in total. The summed E-state index contributed by atoms with van der Waals surface area (Å²) in [7, 11) is 0. The standard InChI is InChI=1S/C19H21BrN4O2/c1-13-19(20)15-4-2-3-5-16(15)23(13)11-18(25)22-17-6-8-21-24(17)10-14-7-9-26-12-14/h2-6,8,14H,7,9-12H2,1H3,(H,22,25)/t14-/m0/s1. The number of carbonyl (C=O) groups excluding carboxylic acids is 1. The van der Waals surface area contributed by atoms with E-state index in [0.717, 1.165) is 53.1 Å². The number of rotatable bonds is 5. The zero-order valence-electron chi connectivity index (χ0n) is 14.6. The van der Waals surface area contributed by atoms with Gasteiger partial charge in [0.1, 0.15) is 12.4 Å². The number of halogens is 1. The fourth-order valence-corrected chi connectivity index (χ4v) is 4.02. The summed E-state index contributed by atoms with van der Waals surface area (Å²) in [6, 6.07) is 9.91. The fourth-order valence-electron chi connectivity index (χ4n) is 3.47. The molecule has 1 fully saturated rings. The maximum Gasteiger partial charge on any atom is 0.245 e. The molecule has 1 atom stereocenters. The average Bonchev–Trinajstić information content (AvgIpc) is 3.35. The number of carbonyl (C=O) groups is 1. The van der Waals surface area contributed by atoms with Crippen molar-refractivity contribution in [1.29, 1.82) is 0 Å². The predicted molar refractivity (Wildman–Crippen MR) is 104 cm³/mol. The van der Waals surface area contributed by atoms with Crippen LogP contribution in [0.4, 0.5) is 5.82 Å². The van der Waals surface area contributed by atoms with Crippen LogP contribution in [0.5, 0.6) is 0 Å². The highest BCUT2D eigenvalue weighted by molar-refractivity contribution is 9.10. The highest BCUT2D eigenvalue weighted by Gasteiger charge is 2.19. The van der Waals surface area contributed by atoms with Crippen LogP contribution in [0.1, 0.15) is 12.1 Å². The quantitative estimate of drug-likeness (QED) is 0.691. The first-order chi connectivity index (χ1) is 12.6. The second-order valence-electron chi connectivity index (χ2n) is 6.68. The molecule has 1 aliphatic rings. The highest BCUT2D eigenvalue weighted by atomic mass is 79.9. The summed E-state index contributed by atoms with van der Waals surface area (Å²) in [5.41, 5.74) is 2.08. The lowest BCUT2D eigenvalue weighted by atomic mass is 10.1. The zero-order chi connectivity index (χ0) is 18.1. The van der Waals surface area contributed by atoms with Crippen LogP contribution in [-0.4, -0.2) is 33.5 Å². The molecular formula is C19H21BrN4O2. The summed E-state index contributed by atoms with van der Waals surface area (Å²) < 4.78 is 10.3. The SMILES string of the molecule is Cc1c(Br)c2ccccc2n1CC(=O)Nc1ccnn1C[C@@H]1CCOC1. The van der Waals surface area contributed by atoms with Crippen molar-refractivity contribution in [2.24, 2.45) is 5.92 Å². The van der Waals surface area contributed by atoms with Gasteiger partial charge in [-0.3, -0.25) is 4.79 Å². The minimum Gasteiger partial charge on any atom is -0.381 e. The number of hydrogen-bond acceptors (Lipinski definition) is 3. The Morgan fingerprint density at radius 1 is 1.38 bits per heavy atom. The normalized spacial score (nSPS) is 17.1. The molecule has 4 rings (SSSR count). The molecule has 136 valence electrons. The van der Waals surface area contributed by atoms with Crippen LogP contribution in [-0.2, 0) is 22.6 Å². The minimum absolute atomic E-state index is 0.0641. The van der Waals surface area contributed by atoms with Gasteiger partial charge in [0.05, 0.1) is 12.8 Å². The van der Waals surface area contributed by atoms with Crippen molar-refractivity contribution in [2.75, 3.05) is 18.5 Å². The number of benzene rings is 1. The lowest BCUT2D eigenvalue weighted by Gasteiger charge is -2.13. The Morgan fingerprint density at radius 3 is 3.04 bits per heavy atom. The van der Waals surface area contributed by atoms with E-state index in [1.54, 1.807) is 6.20 Å². The first-order valence-electron chi connectivity index (χ1n) is 8.76. The number of amides is 1.